The predicted molar refractivity (Wildman–Crippen MR) is 134 cm³/mol. The first kappa shape index (κ1) is 22.2. The molecule has 0 radical (unpaired) electrons. The molecule has 0 fully saturated rings. The van der Waals surface area contributed by atoms with Gasteiger partial charge in [-0.1, -0.05) is 65.7 Å². The van der Waals surface area contributed by atoms with Gasteiger partial charge in [0.25, 0.3) is 5.91 Å². The maximum atomic E-state index is 12.7. The molecule has 0 aromatic heterocycles. The summed E-state index contributed by atoms with van der Waals surface area (Å²) in [6.45, 7) is 0. The lowest BCUT2D eigenvalue weighted by molar-refractivity contribution is -0.113. The zero-order valence-corrected chi connectivity index (χ0v) is 19.1. The molecular formula is C25H18Cl2N2O2S. The fourth-order valence-corrected chi connectivity index (χ4v) is 4.24. The van der Waals surface area contributed by atoms with E-state index in [4.69, 9.17) is 23.2 Å². The van der Waals surface area contributed by atoms with Gasteiger partial charge in [0.15, 0.2) is 0 Å². The number of amides is 2. The molecule has 0 atom stereocenters. The number of anilines is 2. The maximum Gasteiger partial charge on any atom is 0.255 e. The van der Waals surface area contributed by atoms with Gasteiger partial charge in [0.1, 0.15) is 0 Å². The van der Waals surface area contributed by atoms with Crippen LogP contribution in [0.25, 0.3) is 10.8 Å². The zero-order valence-electron chi connectivity index (χ0n) is 16.8. The van der Waals surface area contributed by atoms with Crippen molar-refractivity contribution < 1.29 is 9.59 Å². The molecule has 4 rings (SSSR count). The van der Waals surface area contributed by atoms with Gasteiger partial charge in [-0.3, -0.25) is 9.59 Å². The highest BCUT2D eigenvalue weighted by Crippen LogP contribution is 2.30. The highest BCUT2D eigenvalue weighted by atomic mass is 35.5. The first-order chi connectivity index (χ1) is 15.5. The van der Waals surface area contributed by atoms with Gasteiger partial charge in [0.2, 0.25) is 5.91 Å². The van der Waals surface area contributed by atoms with E-state index in [-0.39, 0.29) is 17.6 Å². The average molecular weight is 481 g/mol. The molecule has 7 heteroatoms. The van der Waals surface area contributed by atoms with Crippen molar-refractivity contribution >= 4 is 68.9 Å². The van der Waals surface area contributed by atoms with E-state index >= 15 is 0 Å². The van der Waals surface area contributed by atoms with Gasteiger partial charge in [-0.05, 0) is 53.2 Å². The lowest BCUT2D eigenvalue weighted by atomic mass is 10.1. The number of fused-ring (bicyclic) bond motifs is 1. The number of hydrogen-bond acceptors (Lipinski definition) is 3. The summed E-state index contributed by atoms with van der Waals surface area (Å²) in [7, 11) is 0. The van der Waals surface area contributed by atoms with Gasteiger partial charge in [-0.2, -0.15) is 0 Å². The molecule has 0 aliphatic heterocycles. The van der Waals surface area contributed by atoms with E-state index in [1.54, 1.807) is 18.2 Å². The molecule has 0 unspecified atom stereocenters. The van der Waals surface area contributed by atoms with Gasteiger partial charge in [-0.15, -0.1) is 11.8 Å². The van der Waals surface area contributed by atoms with E-state index in [2.05, 4.69) is 10.6 Å². The van der Waals surface area contributed by atoms with Gasteiger partial charge >= 0.3 is 0 Å². The first-order valence-electron chi connectivity index (χ1n) is 9.76. The van der Waals surface area contributed by atoms with Crippen LogP contribution in [-0.2, 0) is 4.79 Å². The van der Waals surface area contributed by atoms with Gasteiger partial charge in [0, 0.05) is 16.1 Å². The average Bonchev–Trinajstić information content (AvgIpc) is 2.80. The quantitative estimate of drug-likeness (QED) is 0.288. The van der Waals surface area contributed by atoms with E-state index in [9.17, 15) is 9.59 Å². The van der Waals surface area contributed by atoms with Crippen LogP contribution in [0, 0.1) is 0 Å². The molecule has 4 aromatic carbocycles. The number of halogens is 2. The van der Waals surface area contributed by atoms with Crippen molar-refractivity contribution in [2.45, 2.75) is 4.90 Å². The molecule has 0 saturated heterocycles. The van der Waals surface area contributed by atoms with Crippen LogP contribution < -0.4 is 10.6 Å². The summed E-state index contributed by atoms with van der Waals surface area (Å²) in [5.74, 6) is -0.207. The third kappa shape index (κ3) is 5.43. The summed E-state index contributed by atoms with van der Waals surface area (Å²) in [5, 5.41) is 8.46. The zero-order chi connectivity index (χ0) is 22.5. The van der Waals surface area contributed by atoms with Crippen molar-refractivity contribution in [2.24, 2.45) is 0 Å². The molecule has 4 aromatic rings. The number of hydrogen-bond donors (Lipinski definition) is 2. The number of benzene rings is 4. The van der Waals surface area contributed by atoms with Crippen molar-refractivity contribution in [1.82, 2.24) is 0 Å². The monoisotopic (exact) mass is 480 g/mol. The topological polar surface area (TPSA) is 58.2 Å². The molecule has 0 aliphatic carbocycles. The summed E-state index contributed by atoms with van der Waals surface area (Å²) in [4.78, 5) is 25.8. The highest BCUT2D eigenvalue weighted by molar-refractivity contribution is 8.00. The van der Waals surface area contributed by atoms with Crippen molar-refractivity contribution in [2.75, 3.05) is 16.4 Å². The molecule has 2 N–H and O–H groups in total. The Balaban J connectivity index is 1.38. The standard InChI is InChI=1S/C25H18Cl2N2O2S/c26-21-9-4-10-22(24(21)27)29-23(30)15-32-20-8-3-7-19(14-20)28-25(31)18-12-11-16-5-1-2-6-17(16)13-18/h1-14H,15H2,(H,28,31)(H,29,30). The third-order valence-electron chi connectivity index (χ3n) is 4.70. The van der Waals surface area contributed by atoms with E-state index < -0.39 is 0 Å². The number of rotatable bonds is 6. The summed E-state index contributed by atoms with van der Waals surface area (Å²) in [5.41, 5.74) is 1.71. The van der Waals surface area contributed by atoms with Crippen molar-refractivity contribution in [1.29, 1.82) is 0 Å². The van der Waals surface area contributed by atoms with Crippen LogP contribution in [0.3, 0.4) is 0 Å². The van der Waals surface area contributed by atoms with E-state index in [0.717, 1.165) is 15.7 Å². The Bertz CT molecular complexity index is 1310. The SMILES string of the molecule is O=C(CSc1cccc(NC(=O)c2ccc3ccccc3c2)c1)Nc1cccc(Cl)c1Cl. The van der Waals surface area contributed by atoms with Crippen LogP contribution in [0.15, 0.2) is 89.8 Å². The molecule has 2 amide bonds. The Kier molecular flexibility index (Phi) is 7.00. The number of carbonyl (C=O) groups excluding carboxylic acids is 2. The molecule has 160 valence electrons. The molecule has 0 spiro atoms. The van der Waals surface area contributed by atoms with Crippen molar-refractivity contribution in [3.63, 3.8) is 0 Å². The van der Waals surface area contributed by atoms with Crippen molar-refractivity contribution in [3.05, 3.63) is 101 Å². The minimum atomic E-state index is -0.204. The second-order valence-electron chi connectivity index (χ2n) is 6.98. The number of thioether (sulfide) groups is 1. The molecule has 4 nitrogen and oxygen atoms in total. The van der Waals surface area contributed by atoms with Crippen LogP contribution in [0.1, 0.15) is 10.4 Å². The fourth-order valence-electron chi connectivity index (χ4n) is 3.13. The van der Waals surface area contributed by atoms with Crippen LogP contribution in [-0.4, -0.2) is 17.6 Å². The minimum Gasteiger partial charge on any atom is -0.324 e. The molecule has 32 heavy (non-hydrogen) atoms. The lowest BCUT2D eigenvalue weighted by Crippen LogP contribution is -2.14. The Labute approximate surface area is 199 Å². The van der Waals surface area contributed by atoms with Crippen LogP contribution in [0.2, 0.25) is 10.0 Å². The molecule has 0 bridgehead atoms. The predicted octanol–water partition coefficient (Wildman–Crippen LogP) is 7.13. The smallest absolute Gasteiger partial charge is 0.255 e. The van der Waals surface area contributed by atoms with Crippen molar-refractivity contribution in [3.8, 4) is 0 Å². The number of carbonyl (C=O) groups is 2. The Morgan fingerprint density at radius 3 is 2.41 bits per heavy atom. The second-order valence-corrected chi connectivity index (χ2v) is 8.82. The number of nitrogens with one attached hydrogen (secondary N) is 2. The highest BCUT2D eigenvalue weighted by Gasteiger charge is 2.10. The first-order valence-corrected chi connectivity index (χ1v) is 11.5. The van der Waals surface area contributed by atoms with Crippen LogP contribution in [0.4, 0.5) is 11.4 Å². The normalized spacial score (nSPS) is 10.7. The Morgan fingerprint density at radius 2 is 1.56 bits per heavy atom. The fraction of sp³-hybridized carbons (Fsp3) is 0.0400. The Morgan fingerprint density at radius 1 is 0.781 bits per heavy atom. The summed E-state index contributed by atoms with van der Waals surface area (Å²) >= 11 is 13.4. The van der Waals surface area contributed by atoms with Crippen LogP contribution in [0.5, 0.6) is 0 Å². The van der Waals surface area contributed by atoms with Gasteiger partial charge in [-0.25, -0.2) is 0 Å². The maximum absolute atomic E-state index is 12.7. The summed E-state index contributed by atoms with van der Waals surface area (Å²) in [6.07, 6.45) is 0. The molecular weight excluding hydrogens is 463 g/mol. The van der Waals surface area contributed by atoms with Gasteiger partial charge in [0.05, 0.1) is 21.5 Å². The van der Waals surface area contributed by atoms with E-state index in [1.165, 1.54) is 11.8 Å². The van der Waals surface area contributed by atoms with E-state index in [0.29, 0.717) is 27.0 Å². The molecule has 0 aliphatic rings. The summed E-state index contributed by atoms with van der Waals surface area (Å²) in [6, 6.07) is 26.0. The molecule has 0 heterocycles. The molecule has 0 saturated carbocycles. The van der Waals surface area contributed by atoms with Crippen LogP contribution >= 0.6 is 35.0 Å². The lowest BCUT2D eigenvalue weighted by Gasteiger charge is -2.10. The van der Waals surface area contributed by atoms with E-state index in [1.807, 2.05) is 66.7 Å². The summed E-state index contributed by atoms with van der Waals surface area (Å²) < 4.78 is 0. The Hall–Kier alpha value is -2.99. The minimum absolute atomic E-state index is 0.185. The largest absolute Gasteiger partial charge is 0.324 e. The van der Waals surface area contributed by atoms with Gasteiger partial charge < -0.3 is 10.6 Å². The third-order valence-corrected chi connectivity index (χ3v) is 6.51. The second kappa shape index (κ2) is 10.1.